The number of rotatable bonds is 2. The first-order valence-electron chi connectivity index (χ1n) is 9.46. The van der Waals surface area contributed by atoms with Gasteiger partial charge in [0.15, 0.2) is 5.78 Å². The monoisotopic (exact) mass is 539 g/mol. The van der Waals surface area contributed by atoms with Gasteiger partial charge in [0.05, 0.1) is 0 Å². The maximum atomic E-state index is 13.3. The average Bonchev–Trinajstić information content (AvgIpc) is 2.61. The Bertz CT molecular complexity index is 1040. The SMILES string of the molecule is CC1(C)CC(=O)C2=C(C1)N(c1ccc(I)cc1)C(=O)CC2c1ccc(Cl)cc1Cl. The van der Waals surface area contributed by atoms with Crippen LogP contribution in [0.1, 0.15) is 44.6 Å². The molecule has 1 atom stereocenters. The number of ketones is 1. The number of nitrogens with zero attached hydrogens (tertiary/aromatic N) is 1. The summed E-state index contributed by atoms with van der Waals surface area (Å²) in [5.41, 5.74) is 2.90. The Kier molecular flexibility index (Phi) is 5.55. The van der Waals surface area contributed by atoms with Gasteiger partial charge in [0.2, 0.25) is 5.91 Å². The molecule has 1 unspecified atom stereocenters. The van der Waals surface area contributed by atoms with Crippen LogP contribution in [0.15, 0.2) is 53.7 Å². The van der Waals surface area contributed by atoms with Crippen LogP contribution in [0.3, 0.4) is 0 Å². The summed E-state index contributed by atoms with van der Waals surface area (Å²) in [5.74, 6) is -0.271. The summed E-state index contributed by atoms with van der Waals surface area (Å²) < 4.78 is 1.09. The molecule has 0 saturated heterocycles. The maximum absolute atomic E-state index is 13.3. The van der Waals surface area contributed by atoms with Crippen molar-refractivity contribution in [1.29, 1.82) is 0 Å². The molecule has 1 heterocycles. The number of benzene rings is 2. The van der Waals surface area contributed by atoms with E-state index in [0.717, 1.165) is 20.5 Å². The van der Waals surface area contributed by atoms with Crippen LogP contribution in [0.25, 0.3) is 0 Å². The fourth-order valence-electron chi connectivity index (χ4n) is 4.35. The van der Waals surface area contributed by atoms with Gasteiger partial charge in [-0.2, -0.15) is 0 Å². The molecule has 1 amide bonds. The van der Waals surface area contributed by atoms with E-state index in [1.54, 1.807) is 17.0 Å². The zero-order valence-electron chi connectivity index (χ0n) is 16.1. The van der Waals surface area contributed by atoms with Crippen LogP contribution >= 0.6 is 45.8 Å². The second-order valence-corrected chi connectivity index (χ2v) is 10.5. The molecule has 0 bridgehead atoms. The number of amides is 1. The van der Waals surface area contributed by atoms with Crippen LogP contribution in [0.5, 0.6) is 0 Å². The maximum Gasteiger partial charge on any atom is 0.232 e. The van der Waals surface area contributed by atoms with Crippen molar-refractivity contribution in [1.82, 2.24) is 0 Å². The quantitative estimate of drug-likeness (QED) is 0.395. The number of allylic oxidation sites excluding steroid dienone is 2. The van der Waals surface area contributed by atoms with Crippen LogP contribution in [0.4, 0.5) is 5.69 Å². The minimum absolute atomic E-state index is 0.0218. The summed E-state index contributed by atoms with van der Waals surface area (Å²) in [6, 6.07) is 13.1. The van der Waals surface area contributed by atoms with Crippen molar-refractivity contribution in [3.8, 4) is 0 Å². The molecule has 0 fully saturated rings. The number of carbonyl (C=O) groups is 2. The predicted molar refractivity (Wildman–Crippen MR) is 126 cm³/mol. The summed E-state index contributed by atoms with van der Waals surface area (Å²) >= 11 is 14.8. The Hall–Kier alpha value is -1.37. The minimum atomic E-state index is -0.342. The molecule has 0 saturated carbocycles. The number of anilines is 1. The number of carbonyl (C=O) groups excluding carboxylic acids is 2. The molecule has 2 aromatic rings. The van der Waals surface area contributed by atoms with Crippen LogP contribution in [0, 0.1) is 8.99 Å². The Labute approximate surface area is 194 Å². The Balaban J connectivity index is 1.91. The van der Waals surface area contributed by atoms with E-state index < -0.39 is 0 Å². The zero-order chi connectivity index (χ0) is 20.9. The van der Waals surface area contributed by atoms with Crippen molar-refractivity contribution < 1.29 is 9.59 Å². The summed E-state index contributed by atoms with van der Waals surface area (Å²) in [5, 5.41) is 1.02. The van der Waals surface area contributed by atoms with E-state index in [4.69, 9.17) is 23.2 Å². The lowest BCUT2D eigenvalue weighted by Gasteiger charge is -2.43. The van der Waals surface area contributed by atoms with E-state index in [1.807, 2.05) is 30.3 Å². The van der Waals surface area contributed by atoms with Gasteiger partial charge in [0.25, 0.3) is 0 Å². The minimum Gasteiger partial charge on any atom is -0.294 e. The highest BCUT2D eigenvalue weighted by Crippen LogP contribution is 2.49. The average molecular weight is 540 g/mol. The number of hydrogen-bond donors (Lipinski definition) is 0. The molecule has 2 aliphatic rings. The van der Waals surface area contributed by atoms with E-state index in [2.05, 4.69) is 36.4 Å². The smallest absolute Gasteiger partial charge is 0.232 e. The summed E-state index contributed by atoms with van der Waals surface area (Å²) in [4.78, 5) is 28.3. The molecule has 150 valence electrons. The Morgan fingerprint density at radius 2 is 1.72 bits per heavy atom. The molecular formula is C23H20Cl2INO2. The van der Waals surface area contributed by atoms with Gasteiger partial charge in [0.1, 0.15) is 0 Å². The summed E-state index contributed by atoms with van der Waals surface area (Å²) in [6.45, 7) is 4.15. The van der Waals surface area contributed by atoms with E-state index in [9.17, 15) is 9.59 Å². The molecule has 6 heteroatoms. The number of Topliss-reactive ketones (excluding diaryl/α,β-unsaturated/α-hetero) is 1. The molecule has 0 spiro atoms. The zero-order valence-corrected chi connectivity index (χ0v) is 19.8. The van der Waals surface area contributed by atoms with E-state index in [1.165, 1.54) is 0 Å². The topological polar surface area (TPSA) is 37.4 Å². The highest BCUT2D eigenvalue weighted by Gasteiger charge is 2.44. The van der Waals surface area contributed by atoms with Crippen molar-refractivity contribution in [2.45, 2.75) is 39.0 Å². The van der Waals surface area contributed by atoms with Crippen molar-refractivity contribution >= 4 is 63.2 Å². The molecule has 2 aromatic carbocycles. The van der Waals surface area contributed by atoms with Crippen LogP contribution in [-0.4, -0.2) is 11.7 Å². The van der Waals surface area contributed by atoms with Crippen LogP contribution < -0.4 is 4.90 Å². The van der Waals surface area contributed by atoms with Crippen molar-refractivity contribution in [3.63, 3.8) is 0 Å². The molecule has 0 radical (unpaired) electrons. The van der Waals surface area contributed by atoms with Gasteiger partial charge in [0, 0.05) is 49.3 Å². The van der Waals surface area contributed by atoms with Gasteiger partial charge in [-0.3, -0.25) is 14.5 Å². The van der Waals surface area contributed by atoms with E-state index in [-0.39, 0.29) is 29.4 Å². The van der Waals surface area contributed by atoms with Crippen molar-refractivity contribution in [2.24, 2.45) is 5.41 Å². The van der Waals surface area contributed by atoms with Gasteiger partial charge in [-0.05, 0) is 76.4 Å². The molecule has 1 aliphatic carbocycles. The molecule has 29 heavy (non-hydrogen) atoms. The molecular weight excluding hydrogens is 520 g/mol. The summed E-state index contributed by atoms with van der Waals surface area (Å²) in [6.07, 6.45) is 1.33. The van der Waals surface area contributed by atoms with Crippen molar-refractivity contribution in [3.05, 3.63) is 72.9 Å². The van der Waals surface area contributed by atoms with Gasteiger partial charge in [-0.25, -0.2) is 0 Å². The van der Waals surface area contributed by atoms with Gasteiger partial charge >= 0.3 is 0 Å². The summed E-state index contributed by atoms with van der Waals surface area (Å²) in [7, 11) is 0. The second kappa shape index (κ2) is 7.71. The van der Waals surface area contributed by atoms with E-state index in [0.29, 0.717) is 28.5 Å². The third-order valence-corrected chi connectivity index (χ3v) is 6.85. The highest BCUT2D eigenvalue weighted by atomic mass is 127. The lowest BCUT2D eigenvalue weighted by molar-refractivity contribution is -0.121. The Morgan fingerprint density at radius 1 is 1.03 bits per heavy atom. The van der Waals surface area contributed by atoms with Gasteiger partial charge < -0.3 is 0 Å². The number of halogens is 3. The van der Waals surface area contributed by atoms with Gasteiger partial charge in [-0.1, -0.05) is 43.1 Å². The standard InChI is InChI=1S/C23H20Cl2INO2/c1-23(2)11-19-22(20(28)12-23)17(16-8-3-13(24)9-18(16)25)10-21(29)27(19)15-6-4-14(26)5-7-15/h3-9,17H,10-12H2,1-2H3. The lowest BCUT2D eigenvalue weighted by atomic mass is 9.69. The first-order chi connectivity index (χ1) is 13.7. The molecule has 4 rings (SSSR count). The highest BCUT2D eigenvalue weighted by molar-refractivity contribution is 14.1. The van der Waals surface area contributed by atoms with Crippen LogP contribution in [-0.2, 0) is 9.59 Å². The Morgan fingerprint density at radius 3 is 2.38 bits per heavy atom. The normalized spacial score (nSPS) is 21.4. The molecule has 0 N–H and O–H groups in total. The second-order valence-electron chi connectivity index (χ2n) is 8.43. The van der Waals surface area contributed by atoms with Gasteiger partial charge in [-0.15, -0.1) is 0 Å². The lowest BCUT2D eigenvalue weighted by Crippen LogP contribution is -2.43. The molecule has 1 aliphatic heterocycles. The third-order valence-electron chi connectivity index (χ3n) is 5.57. The van der Waals surface area contributed by atoms with Crippen LogP contribution in [0.2, 0.25) is 10.0 Å². The van der Waals surface area contributed by atoms with Crippen molar-refractivity contribution in [2.75, 3.05) is 4.90 Å². The predicted octanol–water partition coefficient (Wildman–Crippen LogP) is 6.76. The molecule has 3 nitrogen and oxygen atoms in total. The molecule has 0 aromatic heterocycles. The first kappa shape index (κ1) is 20.9. The van der Waals surface area contributed by atoms with E-state index >= 15 is 0 Å². The fourth-order valence-corrected chi connectivity index (χ4v) is 5.25. The largest absolute Gasteiger partial charge is 0.294 e. The number of hydrogen-bond acceptors (Lipinski definition) is 2. The fraction of sp³-hybridized carbons (Fsp3) is 0.304. The first-order valence-corrected chi connectivity index (χ1v) is 11.3. The third kappa shape index (κ3) is 3.99.